The van der Waals surface area contributed by atoms with Crippen LogP contribution in [0.15, 0.2) is 12.7 Å². The normalized spacial score (nSPS) is 8.50. The van der Waals surface area contributed by atoms with Gasteiger partial charge >= 0.3 is 5.97 Å². The number of aliphatic hydroxyl groups excluding tert-OH is 2. The molecule has 0 rings (SSSR count). The molecule has 0 fully saturated rings. The number of hydrogen-bond acceptors (Lipinski definition) is 5. The molecule has 0 radical (unpaired) electrons. The van der Waals surface area contributed by atoms with E-state index in [1.807, 2.05) is 0 Å². The van der Waals surface area contributed by atoms with Crippen LogP contribution in [0.4, 0.5) is 0 Å². The van der Waals surface area contributed by atoms with Crippen LogP contribution in [0.5, 0.6) is 0 Å². The van der Waals surface area contributed by atoms with E-state index in [4.69, 9.17) is 10.2 Å². The molecule has 14 heavy (non-hydrogen) atoms. The standard InChI is InChI=1S/C5H8O2.C4H10O3/c1-3-5(6)7-4-2;5-1-3-7-4-2-6/h3H,1,4H2,2H3;5-6H,1-4H2. The molecule has 0 spiro atoms. The Balaban J connectivity index is 0. The molecule has 84 valence electrons. The van der Waals surface area contributed by atoms with E-state index in [2.05, 4.69) is 16.1 Å². The fraction of sp³-hybridized carbons (Fsp3) is 0.667. The largest absolute Gasteiger partial charge is 0.463 e. The molecule has 0 heterocycles. The van der Waals surface area contributed by atoms with E-state index in [0.717, 1.165) is 6.08 Å². The van der Waals surface area contributed by atoms with Gasteiger partial charge in [0.05, 0.1) is 33.0 Å². The Morgan fingerprint density at radius 1 is 1.36 bits per heavy atom. The van der Waals surface area contributed by atoms with E-state index in [0.29, 0.717) is 19.8 Å². The smallest absolute Gasteiger partial charge is 0.330 e. The zero-order valence-electron chi connectivity index (χ0n) is 8.44. The Morgan fingerprint density at radius 3 is 2.07 bits per heavy atom. The van der Waals surface area contributed by atoms with Crippen molar-refractivity contribution in [1.82, 2.24) is 0 Å². The van der Waals surface area contributed by atoms with Crippen LogP contribution in [0.1, 0.15) is 6.92 Å². The van der Waals surface area contributed by atoms with Gasteiger partial charge in [-0.25, -0.2) is 4.79 Å². The summed E-state index contributed by atoms with van der Waals surface area (Å²) in [6, 6.07) is 0. The summed E-state index contributed by atoms with van der Waals surface area (Å²) in [6.07, 6.45) is 1.14. The van der Waals surface area contributed by atoms with E-state index in [9.17, 15) is 4.79 Å². The maximum Gasteiger partial charge on any atom is 0.330 e. The van der Waals surface area contributed by atoms with E-state index >= 15 is 0 Å². The van der Waals surface area contributed by atoms with Crippen LogP contribution in [0, 0.1) is 0 Å². The highest BCUT2D eigenvalue weighted by molar-refractivity contribution is 5.81. The van der Waals surface area contributed by atoms with Gasteiger partial charge in [-0.1, -0.05) is 6.58 Å². The van der Waals surface area contributed by atoms with Gasteiger partial charge in [0, 0.05) is 6.08 Å². The van der Waals surface area contributed by atoms with Gasteiger partial charge in [-0.2, -0.15) is 0 Å². The monoisotopic (exact) mass is 206 g/mol. The number of hydrogen-bond donors (Lipinski definition) is 2. The average Bonchev–Trinajstić information content (AvgIpc) is 2.20. The lowest BCUT2D eigenvalue weighted by Crippen LogP contribution is -2.03. The van der Waals surface area contributed by atoms with Crippen molar-refractivity contribution in [1.29, 1.82) is 0 Å². The highest BCUT2D eigenvalue weighted by atomic mass is 16.5. The molecule has 0 saturated carbocycles. The molecule has 0 bridgehead atoms. The molecular weight excluding hydrogens is 188 g/mol. The van der Waals surface area contributed by atoms with Crippen molar-refractivity contribution in [2.75, 3.05) is 33.0 Å². The van der Waals surface area contributed by atoms with Gasteiger partial charge < -0.3 is 19.7 Å². The number of rotatable bonds is 6. The quantitative estimate of drug-likeness (QED) is 0.355. The first-order valence-corrected chi connectivity index (χ1v) is 4.31. The molecular formula is C9H18O5. The first-order chi connectivity index (χ1) is 6.72. The Bertz CT molecular complexity index is 131. The maximum absolute atomic E-state index is 10.1. The topological polar surface area (TPSA) is 76.0 Å². The van der Waals surface area contributed by atoms with Crippen LogP contribution < -0.4 is 0 Å². The van der Waals surface area contributed by atoms with Gasteiger partial charge in [0.1, 0.15) is 0 Å². The summed E-state index contributed by atoms with van der Waals surface area (Å²) in [5.41, 5.74) is 0. The molecule has 0 amide bonds. The van der Waals surface area contributed by atoms with E-state index < -0.39 is 0 Å². The molecule has 0 aromatic rings. The lowest BCUT2D eigenvalue weighted by molar-refractivity contribution is -0.137. The molecule has 2 N–H and O–H groups in total. The lowest BCUT2D eigenvalue weighted by atomic mass is 10.6. The fourth-order valence-electron chi connectivity index (χ4n) is 0.432. The first-order valence-electron chi connectivity index (χ1n) is 4.31. The molecule has 0 aliphatic rings. The van der Waals surface area contributed by atoms with Crippen LogP contribution in [0.25, 0.3) is 0 Å². The second-order valence-corrected chi connectivity index (χ2v) is 2.02. The minimum absolute atomic E-state index is 0.0278. The Morgan fingerprint density at radius 2 is 1.86 bits per heavy atom. The highest BCUT2D eigenvalue weighted by Gasteiger charge is 1.86. The molecule has 5 heteroatoms. The first kappa shape index (κ1) is 15.6. The van der Waals surface area contributed by atoms with Crippen molar-refractivity contribution in [3.05, 3.63) is 12.7 Å². The zero-order valence-corrected chi connectivity index (χ0v) is 8.44. The molecule has 0 unspecified atom stereocenters. The fourth-order valence-corrected chi connectivity index (χ4v) is 0.432. The second kappa shape index (κ2) is 14.6. The van der Waals surface area contributed by atoms with Gasteiger partial charge in [-0.05, 0) is 6.92 Å². The van der Waals surface area contributed by atoms with Crippen molar-refractivity contribution >= 4 is 5.97 Å². The van der Waals surface area contributed by atoms with Crippen molar-refractivity contribution in [3.8, 4) is 0 Å². The highest BCUT2D eigenvalue weighted by Crippen LogP contribution is 1.74. The minimum Gasteiger partial charge on any atom is -0.463 e. The van der Waals surface area contributed by atoms with E-state index in [1.165, 1.54) is 0 Å². The number of ether oxygens (including phenoxy) is 2. The Labute approximate surface area is 84.0 Å². The predicted octanol–water partition coefficient (Wildman–Crippen LogP) is -0.277. The third-order valence-corrected chi connectivity index (χ3v) is 0.925. The number of esters is 1. The van der Waals surface area contributed by atoms with Gasteiger partial charge in [-0.15, -0.1) is 0 Å². The van der Waals surface area contributed by atoms with E-state index in [-0.39, 0.29) is 19.2 Å². The predicted molar refractivity (Wildman–Crippen MR) is 51.8 cm³/mol. The van der Waals surface area contributed by atoms with Gasteiger partial charge in [0.25, 0.3) is 0 Å². The molecule has 0 aliphatic heterocycles. The van der Waals surface area contributed by atoms with Crippen LogP contribution in [0.2, 0.25) is 0 Å². The van der Waals surface area contributed by atoms with Crippen molar-refractivity contribution < 1.29 is 24.5 Å². The van der Waals surface area contributed by atoms with Crippen molar-refractivity contribution in [3.63, 3.8) is 0 Å². The summed E-state index contributed by atoms with van der Waals surface area (Å²) >= 11 is 0. The summed E-state index contributed by atoms with van der Waals surface area (Å²) < 4.78 is 9.07. The van der Waals surface area contributed by atoms with Gasteiger partial charge in [0.2, 0.25) is 0 Å². The molecule has 0 aromatic heterocycles. The number of carbonyl (C=O) groups is 1. The lowest BCUT2D eigenvalue weighted by Gasteiger charge is -1.94. The molecule has 0 saturated heterocycles. The third kappa shape index (κ3) is 17.3. The van der Waals surface area contributed by atoms with Crippen molar-refractivity contribution in [2.45, 2.75) is 6.92 Å². The second-order valence-electron chi connectivity index (χ2n) is 2.02. The summed E-state index contributed by atoms with van der Waals surface area (Å²) in [5, 5.41) is 16.2. The van der Waals surface area contributed by atoms with Gasteiger partial charge in [0.15, 0.2) is 0 Å². The molecule has 5 nitrogen and oxygen atoms in total. The zero-order chi connectivity index (χ0) is 11.2. The third-order valence-electron chi connectivity index (χ3n) is 0.925. The summed E-state index contributed by atoms with van der Waals surface area (Å²) in [4.78, 5) is 10.1. The van der Waals surface area contributed by atoms with Crippen LogP contribution in [-0.2, 0) is 14.3 Å². The number of carbonyl (C=O) groups excluding carboxylic acids is 1. The van der Waals surface area contributed by atoms with Crippen LogP contribution in [-0.4, -0.2) is 49.2 Å². The molecule has 0 aromatic carbocycles. The average molecular weight is 206 g/mol. The van der Waals surface area contributed by atoms with Crippen LogP contribution >= 0.6 is 0 Å². The molecule has 0 aliphatic carbocycles. The summed E-state index contributed by atoms with van der Waals surface area (Å²) in [6.45, 7) is 6.07. The van der Waals surface area contributed by atoms with Gasteiger partial charge in [-0.3, -0.25) is 0 Å². The Kier molecular flexibility index (Phi) is 16.2. The SMILES string of the molecule is C=CC(=O)OCC.OCCOCCO. The maximum atomic E-state index is 10.1. The number of aliphatic hydroxyl groups is 2. The van der Waals surface area contributed by atoms with E-state index in [1.54, 1.807) is 6.92 Å². The summed E-state index contributed by atoms with van der Waals surface area (Å²) in [7, 11) is 0. The minimum atomic E-state index is -0.359. The molecule has 0 atom stereocenters. The Hall–Kier alpha value is -0.910. The van der Waals surface area contributed by atoms with Crippen LogP contribution in [0.3, 0.4) is 0 Å². The summed E-state index contributed by atoms with van der Waals surface area (Å²) in [5.74, 6) is -0.359. The van der Waals surface area contributed by atoms with Crippen molar-refractivity contribution in [2.24, 2.45) is 0 Å².